The molecule has 0 aliphatic carbocycles. The smallest absolute Gasteiger partial charge is 0.161 e. The van der Waals surface area contributed by atoms with Crippen molar-refractivity contribution in [2.45, 2.75) is 32.2 Å². The summed E-state index contributed by atoms with van der Waals surface area (Å²) in [6.45, 7) is 4.19. The molecule has 120 valence electrons. The lowest BCUT2D eigenvalue weighted by Crippen LogP contribution is -2.58. The van der Waals surface area contributed by atoms with Crippen molar-refractivity contribution in [1.82, 2.24) is 0 Å². The van der Waals surface area contributed by atoms with E-state index in [1.807, 2.05) is 0 Å². The summed E-state index contributed by atoms with van der Waals surface area (Å²) >= 11 is 0. The van der Waals surface area contributed by atoms with E-state index in [-0.39, 0.29) is 12.0 Å². The minimum atomic E-state index is 0.225. The highest BCUT2D eigenvalue weighted by atomic mass is 16.5. The van der Waals surface area contributed by atoms with Gasteiger partial charge in [-0.2, -0.15) is 0 Å². The fourth-order valence-corrected chi connectivity index (χ4v) is 4.20. The quantitative estimate of drug-likeness (QED) is 0.806. The van der Waals surface area contributed by atoms with Gasteiger partial charge in [-0.05, 0) is 24.1 Å². The van der Waals surface area contributed by atoms with Crippen molar-refractivity contribution < 1.29 is 18.8 Å². The van der Waals surface area contributed by atoms with E-state index in [1.54, 1.807) is 14.2 Å². The van der Waals surface area contributed by atoms with Crippen molar-refractivity contribution in [2.75, 3.05) is 34.4 Å². The standard InChI is InChI=1S/C18H26NO3/c1-5-12-11-19(2)7-6-13-8-17(21-3)18(22-4)9-14(13)15(19)10-16(12)20/h8-9,12,15H,5-7,10-11H2,1-4H3/q+1/t12-,15+,19?/m1/s1. The molecule has 2 aliphatic heterocycles. The van der Waals surface area contributed by atoms with Crippen LogP contribution in [0.5, 0.6) is 11.5 Å². The molecule has 0 bridgehead atoms. The van der Waals surface area contributed by atoms with Crippen molar-refractivity contribution in [3.05, 3.63) is 23.3 Å². The van der Waals surface area contributed by atoms with E-state index in [0.29, 0.717) is 12.2 Å². The van der Waals surface area contributed by atoms with Gasteiger partial charge in [0.1, 0.15) is 11.8 Å². The van der Waals surface area contributed by atoms with Crippen LogP contribution in [0.15, 0.2) is 12.1 Å². The second-order valence-corrected chi connectivity index (χ2v) is 6.83. The molecule has 3 rings (SSSR count). The molecule has 1 aromatic rings. The number of nitrogens with zero attached hydrogens (tertiary/aromatic N) is 1. The number of Topliss-reactive ketones (excluding diaryl/α,β-unsaturated/α-hetero) is 1. The number of hydrogen-bond acceptors (Lipinski definition) is 3. The summed E-state index contributed by atoms with van der Waals surface area (Å²) in [6.07, 6.45) is 2.64. The van der Waals surface area contributed by atoms with E-state index in [4.69, 9.17) is 9.47 Å². The first-order chi connectivity index (χ1) is 10.5. The third-order valence-electron chi connectivity index (χ3n) is 5.63. The molecular formula is C18H26NO3+. The van der Waals surface area contributed by atoms with Crippen LogP contribution in [-0.2, 0) is 11.2 Å². The Hall–Kier alpha value is -1.55. The molecule has 0 amide bonds. The van der Waals surface area contributed by atoms with Crippen LogP contribution in [0.4, 0.5) is 0 Å². The SMILES string of the molecule is CC[C@@H]1C[N+]2(C)CCc3cc(OC)c(OC)cc3[C@@H]2CC1=O. The molecule has 1 aromatic carbocycles. The van der Waals surface area contributed by atoms with Crippen LogP contribution in [0.3, 0.4) is 0 Å². The van der Waals surface area contributed by atoms with Gasteiger partial charge in [0, 0.05) is 12.0 Å². The van der Waals surface area contributed by atoms with E-state index < -0.39 is 0 Å². The zero-order chi connectivity index (χ0) is 15.9. The number of rotatable bonds is 3. The average Bonchev–Trinajstić information content (AvgIpc) is 2.53. The minimum Gasteiger partial charge on any atom is -0.493 e. The molecule has 4 nitrogen and oxygen atoms in total. The number of carbonyl (C=O) groups excluding carboxylic acids is 1. The second-order valence-electron chi connectivity index (χ2n) is 6.83. The summed E-state index contributed by atoms with van der Waals surface area (Å²) in [6, 6.07) is 4.45. The molecule has 4 heteroatoms. The lowest BCUT2D eigenvalue weighted by Gasteiger charge is -2.50. The molecule has 0 N–H and O–H groups in total. The number of likely N-dealkylation sites (N-methyl/N-ethyl adjacent to an activating group) is 1. The van der Waals surface area contributed by atoms with Gasteiger partial charge in [0.15, 0.2) is 11.5 Å². The van der Waals surface area contributed by atoms with Crippen LogP contribution < -0.4 is 9.47 Å². The molecule has 2 aliphatic rings. The van der Waals surface area contributed by atoms with E-state index >= 15 is 0 Å². The molecule has 22 heavy (non-hydrogen) atoms. The predicted molar refractivity (Wildman–Crippen MR) is 85.3 cm³/mol. The average molecular weight is 304 g/mol. The topological polar surface area (TPSA) is 35.5 Å². The Morgan fingerprint density at radius 1 is 1.23 bits per heavy atom. The van der Waals surface area contributed by atoms with E-state index in [0.717, 1.165) is 41.9 Å². The van der Waals surface area contributed by atoms with Crippen molar-refractivity contribution >= 4 is 5.78 Å². The Bertz CT molecular complexity index is 598. The highest BCUT2D eigenvalue weighted by Crippen LogP contribution is 2.45. The molecule has 0 spiro atoms. The Morgan fingerprint density at radius 2 is 1.91 bits per heavy atom. The van der Waals surface area contributed by atoms with Gasteiger partial charge in [-0.1, -0.05) is 6.92 Å². The lowest BCUT2D eigenvalue weighted by atomic mass is 9.79. The van der Waals surface area contributed by atoms with Crippen molar-refractivity contribution in [1.29, 1.82) is 0 Å². The van der Waals surface area contributed by atoms with Crippen molar-refractivity contribution in [3.63, 3.8) is 0 Å². The molecule has 1 unspecified atom stereocenters. The first-order valence-corrected chi connectivity index (χ1v) is 8.14. The lowest BCUT2D eigenvalue weighted by molar-refractivity contribution is -0.945. The van der Waals surface area contributed by atoms with Crippen LogP contribution >= 0.6 is 0 Å². The maximum Gasteiger partial charge on any atom is 0.161 e. The van der Waals surface area contributed by atoms with Gasteiger partial charge in [0.05, 0.1) is 46.7 Å². The van der Waals surface area contributed by atoms with Gasteiger partial charge in [0.2, 0.25) is 0 Å². The number of fused-ring (bicyclic) bond motifs is 3. The van der Waals surface area contributed by atoms with Crippen LogP contribution in [0.25, 0.3) is 0 Å². The highest BCUT2D eigenvalue weighted by Gasteiger charge is 2.47. The highest BCUT2D eigenvalue weighted by molar-refractivity contribution is 5.82. The normalized spacial score (nSPS) is 30.5. The fraction of sp³-hybridized carbons (Fsp3) is 0.611. The number of piperidine rings is 1. The number of hydrogen-bond donors (Lipinski definition) is 0. The van der Waals surface area contributed by atoms with E-state index in [1.165, 1.54) is 11.1 Å². The molecule has 1 fully saturated rings. The van der Waals surface area contributed by atoms with E-state index in [9.17, 15) is 4.79 Å². The first-order valence-electron chi connectivity index (χ1n) is 8.14. The zero-order valence-corrected chi connectivity index (χ0v) is 14.0. The summed E-state index contributed by atoms with van der Waals surface area (Å²) in [7, 11) is 5.64. The Labute approximate surface area is 132 Å². The summed E-state index contributed by atoms with van der Waals surface area (Å²) in [5, 5.41) is 0. The van der Waals surface area contributed by atoms with Gasteiger partial charge in [-0.15, -0.1) is 0 Å². The number of methoxy groups -OCH3 is 2. The van der Waals surface area contributed by atoms with Gasteiger partial charge in [-0.25, -0.2) is 0 Å². The zero-order valence-electron chi connectivity index (χ0n) is 14.0. The van der Waals surface area contributed by atoms with Crippen LogP contribution in [0, 0.1) is 5.92 Å². The molecule has 3 atom stereocenters. The summed E-state index contributed by atoms with van der Waals surface area (Å²) in [4.78, 5) is 12.4. The molecule has 0 radical (unpaired) electrons. The van der Waals surface area contributed by atoms with Gasteiger partial charge in [0.25, 0.3) is 0 Å². The van der Waals surface area contributed by atoms with Gasteiger partial charge >= 0.3 is 0 Å². The minimum absolute atomic E-state index is 0.225. The van der Waals surface area contributed by atoms with E-state index in [2.05, 4.69) is 26.1 Å². The largest absolute Gasteiger partial charge is 0.493 e. The maximum absolute atomic E-state index is 12.4. The number of quaternary nitrogens is 1. The first kappa shape index (κ1) is 15.3. The number of ketones is 1. The number of benzene rings is 1. The maximum atomic E-state index is 12.4. The number of carbonyl (C=O) groups is 1. The number of ether oxygens (including phenoxy) is 2. The van der Waals surface area contributed by atoms with Crippen LogP contribution in [-0.4, -0.2) is 44.6 Å². The second kappa shape index (κ2) is 5.58. The summed E-state index contributed by atoms with van der Waals surface area (Å²) in [5.74, 6) is 2.19. The Balaban J connectivity index is 2.04. The summed E-state index contributed by atoms with van der Waals surface area (Å²) < 4.78 is 11.9. The van der Waals surface area contributed by atoms with Crippen molar-refractivity contribution in [3.8, 4) is 11.5 Å². The van der Waals surface area contributed by atoms with Gasteiger partial charge in [-0.3, -0.25) is 4.79 Å². The van der Waals surface area contributed by atoms with Crippen LogP contribution in [0.2, 0.25) is 0 Å². The molecule has 2 heterocycles. The molecule has 1 saturated heterocycles. The molecule has 0 aromatic heterocycles. The van der Waals surface area contributed by atoms with Crippen LogP contribution in [0.1, 0.15) is 36.9 Å². The summed E-state index contributed by atoms with van der Waals surface area (Å²) in [5.41, 5.74) is 2.58. The molecular weight excluding hydrogens is 278 g/mol. The monoisotopic (exact) mass is 304 g/mol. The Kier molecular flexibility index (Phi) is 3.89. The molecule has 0 saturated carbocycles. The fourth-order valence-electron chi connectivity index (χ4n) is 4.20. The third-order valence-corrected chi connectivity index (χ3v) is 5.63. The van der Waals surface area contributed by atoms with Crippen molar-refractivity contribution in [2.24, 2.45) is 5.92 Å². The predicted octanol–water partition coefficient (Wildman–Crippen LogP) is 2.75. The Morgan fingerprint density at radius 3 is 2.55 bits per heavy atom. The van der Waals surface area contributed by atoms with Gasteiger partial charge < -0.3 is 14.0 Å². The third kappa shape index (κ3) is 2.30.